The van der Waals surface area contributed by atoms with E-state index in [9.17, 15) is 38.4 Å². The summed E-state index contributed by atoms with van der Waals surface area (Å²) in [4.78, 5) is 103. The third-order valence-corrected chi connectivity index (χ3v) is 8.02. The number of carbonyl (C=O) groups excluding carboxylic acids is 8. The van der Waals surface area contributed by atoms with E-state index in [1.54, 1.807) is 92.6 Å². The van der Waals surface area contributed by atoms with Gasteiger partial charge in [-0.15, -0.1) is 0 Å². The molecule has 0 saturated heterocycles. The van der Waals surface area contributed by atoms with Crippen LogP contribution in [0.3, 0.4) is 0 Å². The largest absolute Gasteiger partial charge is 0.467 e. The number of esters is 1. The maximum Gasteiger partial charge on any atom is 0.408 e. The van der Waals surface area contributed by atoms with Crippen LogP contribution >= 0.6 is 0 Å². The molecule has 0 aliphatic rings. The van der Waals surface area contributed by atoms with Gasteiger partial charge >= 0.3 is 30.3 Å². The summed E-state index contributed by atoms with van der Waals surface area (Å²) in [5.41, 5.74) is -1.50. The van der Waals surface area contributed by atoms with Crippen molar-refractivity contribution in [1.29, 1.82) is 0 Å². The summed E-state index contributed by atoms with van der Waals surface area (Å²) in [6.45, 7) is 16.9. The molecule has 0 saturated carbocycles. The normalized spacial score (nSPS) is 13.3. The van der Waals surface area contributed by atoms with Crippen LogP contribution in [0.5, 0.6) is 0 Å². The fourth-order valence-corrected chi connectivity index (χ4v) is 5.22. The second-order valence-corrected chi connectivity index (χ2v) is 17.3. The van der Waals surface area contributed by atoms with Gasteiger partial charge in [0.1, 0.15) is 47.6 Å². The Balaban J connectivity index is 3.16. The Kier molecular flexibility index (Phi) is 23.2. The molecule has 4 unspecified atom stereocenters. The zero-order chi connectivity index (χ0) is 47.1. The molecular formula is C42H69N7O13. The Morgan fingerprint density at radius 1 is 0.516 bits per heavy atom. The van der Waals surface area contributed by atoms with Gasteiger partial charge in [-0.1, -0.05) is 30.3 Å². The Labute approximate surface area is 364 Å². The third-order valence-electron chi connectivity index (χ3n) is 8.02. The Hall–Kier alpha value is -5.82. The summed E-state index contributed by atoms with van der Waals surface area (Å²) in [5.74, 6) is -3.06. The van der Waals surface area contributed by atoms with Crippen molar-refractivity contribution < 1.29 is 62.0 Å². The summed E-state index contributed by atoms with van der Waals surface area (Å²) in [6, 6.07) is 3.96. The molecule has 350 valence electrons. The highest BCUT2D eigenvalue weighted by Crippen LogP contribution is 2.10. The Bertz CT molecular complexity index is 1620. The number of amides is 7. The molecular weight excluding hydrogens is 810 g/mol. The van der Waals surface area contributed by atoms with E-state index in [1.165, 1.54) is 6.92 Å². The van der Waals surface area contributed by atoms with Crippen LogP contribution in [0.1, 0.15) is 113 Å². The van der Waals surface area contributed by atoms with Gasteiger partial charge in [-0.3, -0.25) is 14.4 Å². The fourth-order valence-electron chi connectivity index (χ4n) is 5.22. The van der Waals surface area contributed by atoms with Crippen LogP contribution in [-0.4, -0.2) is 116 Å². The first-order chi connectivity index (χ1) is 28.8. The van der Waals surface area contributed by atoms with Gasteiger partial charge in [0.05, 0.1) is 7.11 Å². The van der Waals surface area contributed by atoms with Gasteiger partial charge in [-0.2, -0.15) is 0 Å². The van der Waals surface area contributed by atoms with E-state index in [0.717, 1.165) is 7.11 Å². The molecule has 1 aromatic rings. The van der Waals surface area contributed by atoms with Crippen LogP contribution in [0, 0.1) is 0 Å². The first kappa shape index (κ1) is 54.2. The van der Waals surface area contributed by atoms with Crippen LogP contribution in [0.15, 0.2) is 30.3 Å². The summed E-state index contributed by atoms with van der Waals surface area (Å²) in [7, 11) is 1.15. The van der Waals surface area contributed by atoms with Crippen molar-refractivity contribution in [3.63, 3.8) is 0 Å². The van der Waals surface area contributed by atoms with Crippen LogP contribution in [0.4, 0.5) is 19.2 Å². The molecule has 0 aliphatic heterocycles. The number of methoxy groups -OCH3 is 1. The first-order valence-electron chi connectivity index (χ1n) is 20.6. The fraction of sp³-hybridized carbons (Fsp3) is 0.667. The summed E-state index contributed by atoms with van der Waals surface area (Å²) >= 11 is 0. The van der Waals surface area contributed by atoms with Crippen molar-refractivity contribution in [2.24, 2.45) is 0 Å². The highest BCUT2D eigenvalue weighted by atomic mass is 16.6. The molecule has 20 nitrogen and oxygen atoms in total. The Morgan fingerprint density at radius 3 is 1.32 bits per heavy atom. The molecule has 0 radical (unpaired) electrons. The van der Waals surface area contributed by atoms with Gasteiger partial charge in [0, 0.05) is 19.6 Å². The van der Waals surface area contributed by atoms with E-state index in [-0.39, 0.29) is 64.8 Å². The highest BCUT2D eigenvalue weighted by Gasteiger charge is 2.31. The maximum absolute atomic E-state index is 13.9. The highest BCUT2D eigenvalue weighted by molar-refractivity contribution is 5.94. The second kappa shape index (κ2) is 26.5. The number of rotatable bonds is 22. The van der Waals surface area contributed by atoms with Gasteiger partial charge in [0.25, 0.3) is 0 Å². The molecule has 1 aromatic carbocycles. The minimum atomic E-state index is -1.29. The lowest BCUT2D eigenvalue weighted by Gasteiger charge is -2.25. The predicted molar refractivity (Wildman–Crippen MR) is 227 cm³/mol. The van der Waals surface area contributed by atoms with E-state index in [1.807, 2.05) is 0 Å². The smallest absolute Gasteiger partial charge is 0.408 e. The average Bonchev–Trinajstić information content (AvgIpc) is 3.15. The molecule has 7 N–H and O–H groups in total. The van der Waals surface area contributed by atoms with Crippen LogP contribution in [-0.2, 0) is 49.5 Å². The number of nitrogens with one attached hydrogen (secondary N) is 7. The lowest BCUT2D eigenvalue weighted by atomic mass is 10.1. The molecule has 0 aliphatic carbocycles. The molecule has 62 heavy (non-hydrogen) atoms. The number of ether oxygens (including phenoxy) is 5. The number of carbonyl (C=O) groups is 8. The summed E-state index contributed by atoms with van der Waals surface area (Å²) < 4.78 is 25.9. The molecule has 1 rings (SSSR count). The topological polar surface area (TPSA) is 267 Å². The molecule has 4 atom stereocenters. The zero-order valence-electron chi connectivity index (χ0n) is 38.1. The molecule has 0 aromatic heterocycles. The van der Waals surface area contributed by atoms with Gasteiger partial charge in [-0.25, -0.2) is 24.0 Å². The summed E-state index contributed by atoms with van der Waals surface area (Å²) in [5, 5.41) is 18.1. The SMILES string of the molecule is COC(=O)C(CCCNC(=O)OC(C)(C)C)NC(=O)C(C)NC(=O)C(CCCNC(=O)OC(C)(C)C)NC(=O)C(CCCNC(=O)OC(C)(C)C)NC(=O)OCc1ccccc1. The van der Waals surface area contributed by atoms with E-state index in [4.69, 9.17) is 23.7 Å². The van der Waals surface area contributed by atoms with Crippen molar-refractivity contribution >= 4 is 48.1 Å². The van der Waals surface area contributed by atoms with Gasteiger partial charge in [-0.05, 0) is 113 Å². The molecule has 20 heteroatoms. The van der Waals surface area contributed by atoms with Crippen molar-refractivity contribution in [3.05, 3.63) is 35.9 Å². The van der Waals surface area contributed by atoms with Crippen molar-refractivity contribution in [1.82, 2.24) is 37.2 Å². The maximum atomic E-state index is 13.9. The standard InChI is InChI=1S/C42H69N7O13/c1-27(32(50)48-31(35(53)58-11)22-17-25-45-38(56)62-42(8,9)10)46-33(51)29(20-15-23-43-36(54)60-40(2,3)4)47-34(52)30(21-16-24-44-37(55)61-41(5,6)7)49-39(57)59-26-28-18-13-12-14-19-28/h12-14,18-19,27,29-31H,15-17,20-26H2,1-11H3,(H,43,54)(H,44,55)(H,45,56)(H,46,51)(H,47,52)(H,48,50)(H,49,57). The summed E-state index contributed by atoms with van der Waals surface area (Å²) in [6.07, 6.45) is -2.26. The van der Waals surface area contributed by atoms with Gasteiger partial charge < -0.3 is 60.9 Å². The van der Waals surface area contributed by atoms with Crippen LogP contribution in [0.25, 0.3) is 0 Å². The molecule has 0 bridgehead atoms. The number of benzene rings is 1. The van der Waals surface area contributed by atoms with E-state index >= 15 is 0 Å². The Morgan fingerprint density at radius 2 is 0.903 bits per heavy atom. The first-order valence-corrected chi connectivity index (χ1v) is 20.6. The van der Waals surface area contributed by atoms with E-state index in [2.05, 4.69) is 37.2 Å². The van der Waals surface area contributed by atoms with Crippen LogP contribution in [0.2, 0.25) is 0 Å². The van der Waals surface area contributed by atoms with E-state index in [0.29, 0.717) is 5.56 Å². The number of hydrogen-bond acceptors (Lipinski definition) is 13. The van der Waals surface area contributed by atoms with E-state index < -0.39 is 89.0 Å². The molecule has 0 fully saturated rings. The minimum absolute atomic E-state index is 0.00236. The number of hydrogen-bond donors (Lipinski definition) is 7. The van der Waals surface area contributed by atoms with Crippen LogP contribution < -0.4 is 37.2 Å². The van der Waals surface area contributed by atoms with Gasteiger partial charge in [0.15, 0.2) is 0 Å². The monoisotopic (exact) mass is 879 g/mol. The average molecular weight is 880 g/mol. The molecule has 7 amide bonds. The van der Waals surface area contributed by atoms with Crippen molar-refractivity contribution in [2.75, 3.05) is 26.7 Å². The predicted octanol–water partition coefficient (Wildman–Crippen LogP) is 3.84. The van der Waals surface area contributed by atoms with Crippen molar-refractivity contribution in [3.8, 4) is 0 Å². The molecule has 0 spiro atoms. The van der Waals surface area contributed by atoms with Gasteiger partial charge in [0.2, 0.25) is 17.7 Å². The minimum Gasteiger partial charge on any atom is -0.467 e. The third kappa shape index (κ3) is 25.7. The zero-order valence-corrected chi connectivity index (χ0v) is 38.1. The lowest BCUT2D eigenvalue weighted by molar-refractivity contribution is -0.145. The molecule has 0 heterocycles. The number of alkyl carbamates (subject to hydrolysis) is 4. The quantitative estimate of drug-likeness (QED) is 0.0497. The second-order valence-electron chi connectivity index (χ2n) is 17.3. The lowest BCUT2D eigenvalue weighted by Crippen LogP contribution is -2.57. The van der Waals surface area contributed by atoms with Crippen molar-refractivity contribution in [2.45, 2.75) is 155 Å².